The van der Waals surface area contributed by atoms with E-state index in [0.717, 1.165) is 25.7 Å². The second-order valence-electron chi connectivity index (χ2n) is 4.71. The third-order valence-electron chi connectivity index (χ3n) is 3.52. The van der Waals surface area contributed by atoms with Gasteiger partial charge in [0.05, 0.1) is 23.9 Å². The summed E-state index contributed by atoms with van der Waals surface area (Å²) in [4.78, 5) is 1.90. The van der Waals surface area contributed by atoms with E-state index >= 15 is 0 Å². The summed E-state index contributed by atoms with van der Waals surface area (Å²) < 4.78 is 0. The van der Waals surface area contributed by atoms with Gasteiger partial charge in [0, 0.05) is 7.05 Å². The number of nitrogens with one attached hydrogen (secondary N) is 1. The third-order valence-corrected chi connectivity index (χ3v) is 3.52. The number of likely N-dealkylation sites (N-methyl/N-ethyl adjacent to an activating group) is 1. The summed E-state index contributed by atoms with van der Waals surface area (Å²) in [5.74, 6) is 0.535. The van der Waals surface area contributed by atoms with Crippen LogP contribution in [-0.4, -0.2) is 40.3 Å². The Hall–Kier alpha value is -1.69. The Morgan fingerprint density at radius 1 is 1.50 bits per heavy atom. The van der Waals surface area contributed by atoms with Crippen LogP contribution < -0.4 is 10.6 Å². The number of nitrogens with two attached hydrogens (primary N) is 1. The minimum atomic E-state index is -0.356. The number of nitrogens with zero attached hydrogens (tertiary/aromatic N) is 3. The Bertz CT molecular complexity index is 436. The summed E-state index contributed by atoms with van der Waals surface area (Å²) in [6.07, 6.45) is 5.06. The molecule has 0 bridgehead atoms. The molecule has 1 aromatic rings. The lowest BCUT2D eigenvalue weighted by molar-refractivity contribution is 0.106. The predicted molar refractivity (Wildman–Crippen MR) is 69.7 cm³/mol. The molecule has 2 atom stereocenters. The average Bonchev–Trinajstić information content (AvgIpc) is 2.38. The highest BCUT2D eigenvalue weighted by atomic mass is 16.3. The lowest BCUT2D eigenvalue weighted by Gasteiger charge is -2.36. The number of anilines is 1. The summed E-state index contributed by atoms with van der Waals surface area (Å²) in [7, 11) is 1.87. The molecule has 1 saturated carbocycles. The van der Waals surface area contributed by atoms with Gasteiger partial charge in [0.15, 0.2) is 5.82 Å². The normalized spacial score (nSPS) is 23.7. The zero-order valence-electron chi connectivity index (χ0n) is 10.5. The molecule has 1 aliphatic rings. The van der Waals surface area contributed by atoms with Crippen molar-refractivity contribution in [3.05, 3.63) is 17.8 Å². The number of hydrogen-bond acceptors (Lipinski definition) is 5. The zero-order chi connectivity index (χ0) is 13.1. The maximum absolute atomic E-state index is 10.1. The van der Waals surface area contributed by atoms with Crippen molar-refractivity contribution < 1.29 is 5.11 Å². The average molecular weight is 249 g/mol. The summed E-state index contributed by atoms with van der Waals surface area (Å²) >= 11 is 0. The molecular formula is C12H19N5O. The molecule has 18 heavy (non-hydrogen) atoms. The molecule has 2 rings (SSSR count). The summed E-state index contributed by atoms with van der Waals surface area (Å²) in [5, 5.41) is 25.5. The fourth-order valence-electron chi connectivity index (χ4n) is 2.50. The minimum absolute atomic E-state index is 0.0218. The maximum Gasteiger partial charge on any atom is 0.162 e. The van der Waals surface area contributed by atoms with Gasteiger partial charge in [0.1, 0.15) is 5.84 Å². The molecule has 4 N–H and O–H groups in total. The lowest BCUT2D eigenvalue weighted by atomic mass is 9.91. The number of rotatable bonds is 3. The second kappa shape index (κ2) is 5.30. The highest BCUT2D eigenvalue weighted by Crippen LogP contribution is 2.26. The Morgan fingerprint density at radius 3 is 2.89 bits per heavy atom. The van der Waals surface area contributed by atoms with Gasteiger partial charge >= 0.3 is 0 Å². The number of aliphatic hydroxyl groups is 1. The highest BCUT2D eigenvalue weighted by molar-refractivity contribution is 5.99. The smallest absolute Gasteiger partial charge is 0.162 e. The first-order valence-electron chi connectivity index (χ1n) is 6.18. The van der Waals surface area contributed by atoms with Crippen LogP contribution in [0.15, 0.2) is 12.3 Å². The zero-order valence-corrected chi connectivity index (χ0v) is 10.5. The van der Waals surface area contributed by atoms with Crippen LogP contribution in [0.4, 0.5) is 5.82 Å². The molecule has 0 amide bonds. The van der Waals surface area contributed by atoms with Gasteiger partial charge in [-0.05, 0) is 18.9 Å². The van der Waals surface area contributed by atoms with Crippen molar-refractivity contribution in [3.8, 4) is 0 Å². The number of nitrogen functional groups attached to an aromatic ring is 1. The molecule has 1 heterocycles. The first kappa shape index (κ1) is 12.8. The molecule has 0 aromatic carbocycles. The van der Waals surface area contributed by atoms with E-state index in [0.29, 0.717) is 11.4 Å². The minimum Gasteiger partial charge on any atom is -0.391 e. The van der Waals surface area contributed by atoms with Crippen LogP contribution in [-0.2, 0) is 0 Å². The van der Waals surface area contributed by atoms with Gasteiger partial charge in [-0.3, -0.25) is 5.41 Å². The summed E-state index contributed by atoms with van der Waals surface area (Å²) in [6, 6.07) is 1.70. The van der Waals surface area contributed by atoms with Crippen molar-refractivity contribution in [2.75, 3.05) is 11.9 Å². The molecule has 0 aliphatic heterocycles. The number of hydrogen-bond donors (Lipinski definition) is 3. The van der Waals surface area contributed by atoms with Gasteiger partial charge in [-0.1, -0.05) is 12.8 Å². The topological polar surface area (TPSA) is 99.1 Å². The van der Waals surface area contributed by atoms with Gasteiger partial charge < -0.3 is 15.7 Å². The van der Waals surface area contributed by atoms with E-state index in [1.807, 2.05) is 11.9 Å². The largest absolute Gasteiger partial charge is 0.391 e. The molecule has 6 nitrogen and oxygen atoms in total. The quantitative estimate of drug-likeness (QED) is 0.535. The van der Waals surface area contributed by atoms with Crippen LogP contribution in [0, 0.1) is 5.41 Å². The first-order chi connectivity index (χ1) is 8.61. The fraction of sp³-hybridized carbons (Fsp3) is 0.583. The number of amidine groups is 1. The van der Waals surface area contributed by atoms with E-state index in [1.165, 1.54) is 6.20 Å². The van der Waals surface area contributed by atoms with E-state index in [1.54, 1.807) is 6.07 Å². The summed E-state index contributed by atoms with van der Waals surface area (Å²) in [6.45, 7) is 0. The molecule has 2 unspecified atom stereocenters. The van der Waals surface area contributed by atoms with Crippen LogP contribution in [0.2, 0.25) is 0 Å². The van der Waals surface area contributed by atoms with Crippen molar-refractivity contribution in [2.45, 2.75) is 37.8 Å². The van der Waals surface area contributed by atoms with Gasteiger partial charge in [-0.2, -0.15) is 5.10 Å². The van der Waals surface area contributed by atoms with Crippen LogP contribution in [0.5, 0.6) is 0 Å². The van der Waals surface area contributed by atoms with Gasteiger partial charge in [-0.25, -0.2) is 0 Å². The monoisotopic (exact) mass is 249 g/mol. The molecule has 0 spiro atoms. The van der Waals surface area contributed by atoms with E-state index in [4.69, 9.17) is 11.1 Å². The molecule has 0 saturated heterocycles. The van der Waals surface area contributed by atoms with Crippen LogP contribution in [0.25, 0.3) is 0 Å². The maximum atomic E-state index is 10.1. The van der Waals surface area contributed by atoms with E-state index in [-0.39, 0.29) is 18.0 Å². The molecule has 98 valence electrons. The molecule has 1 aliphatic carbocycles. The van der Waals surface area contributed by atoms with Gasteiger partial charge in [0.2, 0.25) is 0 Å². The molecule has 0 radical (unpaired) electrons. The van der Waals surface area contributed by atoms with E-state index < -0.39 is 0 Å². The Morgan fingerprint density at radius 2 is 2.22 bits per heavy atom. The molecular weight excluding hydrogens is 230 g/mol. The predicted octanol–water partition coefficient (Wildman–Crippen LogP) is 0.500. The van der Waals surface area contributed by atoms with Crippen molar-refractivity contribution in [1.82, 2.24) is 10.2 Å². The fourth-order valence-corrected chi connectivity index (χ4v) is 2.50. The Labute approximate surface area is 106 Å². The van der Waals surface area contributed by atoms with Gasteiger partial charge in [0.25, 0.3) is 0 Å². The number of aromatic nitrogens is 2. The standard InChI is InChI=1S/C12H19N5O/c1-17(9-4-2-3-5-10(9)18)12-8(11(13)14)6-7-15-16-12/h6-7,9-10,18H,2-5H2,1H3,(H3,13,14). The Kier molecular flexibility index (Phi) is 3.76. The van der Waals surface area contributed by atoms with Crippen molar-refractivity contribution in [3.63, 3.8) is 0 Å². The second-order valence-corrected chi connectivity index (χ2v) is 4.71. The van der Waals surface area contributed by atoms with Crippen LogP contribution in [0.1, 0.15) is 31.2 Å². The lowest BCUT2D eigenvalue weighted by Crippen LogP contribution is -2.44. The SMILES string of the molecule is CN(c1nnccc1C(=N)N)C1CCCCC1O. The number of aliphatic hydroxyl groups excluding tert-OH is 1. The first-order valence-corrected chi connectivity index (χ1v) is 6.18. The van der Waals surface area contributed by atoms with E-state index in [2.05, 4.69) is 10.2 Å². The Balaban J connectivity index is 2.27. The van der Waals surface area contributed by atoms with Crippen molar-refractivity contribution in [1.29, 1.82) is 5.41 Å². The van der Waals surface area contributed by atoms with Gasteiger partial charge in [-0.15, -0.1) is 5.10 Å². The van der Waals surface area contributed by atoms with Crippen molar-refractivity contribution >= 4 is 11.7 Å². The highest BCUT2D eigenvalue weighted by Gasteiger charge is 2.28. The molecule has 1 aromatic heterocycles. The van der Waals surface area contributed by atoms with Crippen LogP contribution in [0.3, 0.4) is 0 Å². The summed E-state index contributed by atoms with van der Waals surface area (Å²) in [5.41, 5.74) is 6.10. The molecule has 1 fully saturated rings. The third kappa shape index (κ3) is 2.43. The molecule has 6 heteroatoms. The van der Waals surface area contributed by atoms with Crippen molar-refractivity contribution in [2.24, 2.45) is 5.73 Å². The van der Waals surface area contributed by atoms with E-state index in [9.17, 15) is 5.11 Å². The van der Waals surface area contributed by atoms with Crippen LogP contribution >= 0.6 is 0 Å².